The van der Waals surface area contributed by atoms with Crippen molar-refractivity contribution in [1.82, 2.24) is 0 Å². The van der Waals surface area contributed by atoms with Crippen LogP contribution < -0.4 is 0 Å². The second-order valence-electron chi connectivity index (χ2n) is 17.9. The van der Waals surface area contributed by atoms with Gasteiger partial charge in [0, 0.05) is 12.8 Å². The number of esters is 2. The van der Waals surface area contributed by atoms with Crippen molar-refractivity contribution in [3.63, 3.8) is 0 Å². The van der Waals surface area contributed by atoms with Gasteiger partial charge in [0.05, 0.1) is 6.61 Å². The van der Waals surface area contributed by atoms with E-state index in [1.807, 2.05) is 0 Å². The van der Waals surface area contributed by atoms with E-state index in [4.69, 9.17) is 9.47 Å². The maximum Gasteiger partial charge on any atom is 0.306 e. The maximum absolute atomic E-state index is 12.3. The minimum Gasteiger partial charge on any atom is -0.462 e. The number of allylic oxidation sites excluding steroid dienone is 20. The fourth-order valence-electron chi connectivity index (χ4n) is 7.41. The van der Waals surface area contributed by atoms with E-state index in [0.717, 1.165) is 103 Å². The molecule has 1 N–H and O–H groups in total. The molecule has 0 aromatic heterocycles. The van der Waals surface area contributed by atoms with Crippen molar-refractivity contribution >= 4 is 11.9 Å². The minimum atomic E-state index is -0.778. The number of carbonyl (C=O) groups is 2. The number of ether oxygens (including phenoxy) is 2. The molecule has 0 aliphatic heterocycles. The average Bonchev–Trinajstić information content (AvgIpc) is 3.33. The number of hydrogen-bond acceptors (Lipinski definition) is 5. The maximum atomic E-state index is 12.3. The van der Waals surface area contributed by atoms with Gasteiger partial charge in [0.15, 0.2) is 6.10 Å². The van der Waals surface area contributed by atoms with Gasteiger partial charge in [0.25, 0.3) is 0 Å². The first-order valence-corrected chi connectivity index (χ1v) is 27.6. The summed E-state index contributed by atoms with van der Waals surface area (Å²) in [5.41, 5.74) is 0. The second kappa shape index (κ2) is 56.6. The molecule has 5 heteroatoms. The Bertz CT molecular complexity index is 1370. The Hall–Kier alpha value is -3.70. The van der Waals surface area contributed by atoms with Gasteiger partial charge in [0.1, 0.15) is 6.61 Å². The summed E-state index contributed by atoms with van der Waals surface area (Å²) < 4.78 is 10.7. The monoisotopic (exact) mass is 927 g/mol. The molecule has 0 fully saturated rings. The standard InChI is InChI=1S/C62H102O5/c1-3-5-7-9-11-13-15-17-18-19-20-21-22-23-24-25-26-27-28-29-30-31-32-33-34-35-36-37-38-39-40-41-42-43-44-45-47-49-51-53-55-57-62(65)67-60(58-63)59-66-61(64)56-54-52-50-48-46-16-14-12-10-8-6-4-2/h5,7,11,13,17-18,20-21,23-24,26-27,29-30,32-33,35-36,38-39,60,63H,3-4,6,8-10,12,14-16,19,22,25,28,31,34,37,40-59H2,1-2H3/b7-5-,13-11-,18-17-,21-20-,24-23-,27-26-,30-29-,33-32-,36-35-,39-38-. The molecular weight excluding hydrogens is 825 g/mol. The fraction of sp³-hybridized carbons (Fsp3) is 0.645. The summed E-state index contributed by atoms with van der Waals surface area (Å²) in [6, 6.07) is 0. The third kappa shape index (κ3) is 54.8. The molecule has 0 radical (unpaired) electrons. The van der Waals surface area contributed by atoms with Crippen LogP contribution in [-0.4, -0.2) is 36.4 Å². The van der Waals surface area contributed by atoms with Crippen LogP contribution in [0.2, 0.25) is 0 Å². The summed E-state index contributed by atoms with van der Waals surface area (Å²) in [6.45, 7) is 4.02. The third-order valence-electron chi connectivity index (χ3n) is 11.5. The molecule has 0 saturated heterocycles. The van der Waals surface area contributed by atoms with Crippen LogP contribution >= 0.6 is 0 Å². The van der Waals surface area contributed by atoms with E-state index in [-0.39, 0.29) is 25.2 Å². The fourth-order valence-corrected chi connectivity index (χ4v) is 7.41. The van der Waals surface area contributed by atoms with Crippen molar-refractivity contribution in [3.05, 3.63) is 122 Å². The Balaban J connectivity index is 3.58. The highest BCUT2D eigenvalue weighted by atomic mass is 16.6. The zero-order valence-corrected chi connectivity index (χ0v) is 43.4. The molecule has 67 heavy (non-hydrogen) atoms. The van der Waals surface area contributed by atoms with Gasteiger partial charge in [-0.2, -0.15) is 0 Å². The van der Waals surface area contributed by atoms with Crippen LogP contribution in [0.5, 0.6) is 0 Å². The number of rotatable bonds is 49. The number of aliphatic hydroxyl groups is 1. The van der Waals surface area contributed by atoms with E-state index in [2.05, 4.69) is 135 Å². The smallest absolute Gasteiger partial charge is 0.306 e. The summed E-state index contributed by atoms with van der Waals surface area (Å²) in [5.74, 6) is -0.597. The lowest BCUT2D eigenvalue weighted by Gasteiger charge is -2.15. The van der Waals surface area contributed by atoms with Gasteiger partial charge in [-0.05, 0) is 89.9 Å². The van der Waals surface area contributed by atoms with Crippen molar-refractivity contribution in [2.45, 2.75) is 245 Å². The van der Waals surface area contributed by atoms with Gasteiger partial charge >= 0.3 is 11.9 Å². The van der Waals surface area contributed by atoms with Crippen LogP contribution in [0.25, 0.3) is 0 Å². The van der Waals surface area contributed by atoms with Gasteiger partial charge in [-0.3, -0.25) is 9.59 Å². The van der Waals surface area contributed by atoms with E-state index in [0.29, 0.717) is 12.8 Å². The summed E-state index contributed by atoms with van der Waals surface area (Å²) in [4.78, 5) is 24.4. The Morgan fingerprint density at radius 2 is 0.642 bits per heavy atom. The number of carbonyl (C=O) groups excluding carboxylic acids is 2. The molecule has 380 valence electrons. The largest absolute Gasteiger partial charge is 0.462 e. The van der Waals surface area contributed by atoms with Crippen LogP contribution in [0.15, 0.2) is 122 Å². The number of hydrogen-bond donors (Lipinski definition) is 1. The lowest BCUT2D eigenvalue weighted by molar-refractivity contribution is -0.161. The van der Waals surface area contributed by atoms with Crippen molar-refractivity contribution in [3.8, 4) is 0 Å². The number of aliphatic hydroxyl groups excluding tert-OH is 1. The van der Waals surface area contributed by atoms with E-state index >= 15 is 0 Å². The molecule has 0 bridgehead atoms. The summed E-state index contributed by atoms with van der Waals surface area (Å²) in [7, 11) is 0. The molecule has 0 saturated carbocycles. The molecule has 0 heterocycles. The highest BCUT2D eigenvalue weighted by Gasteiger charge is 2.16. The molecule has 1 atom stereocenters. The third-order valence-corrected chi connectivity index (χ3v) is 11.5. The topological polar surface area (TPSA) is 72.8 Å². The van der Waals surface area contributed by atoms with Crippen molar-refractivity contribution < 1.29 is 24.2 Å². The van der Waals surface area contributed by atoms with E-state index in [9.17, 15) is 14.7 Å². The van der Waals surface area contributed by atoms with Gasteiger partial charge in [-0.25, -0.2) is 0 Å². The molecule has 0 aromatic rings. The molecule has 0 aliphatic carbocycles. The van der Waals surface area contributed by atoms with Crippen LogP contribution in [0.3, 0.4) is 0 Å². The predicted molar refractivity (Wildman–Crippen MR) is 292 cm³/mol. The van der Waals surface area contributed by atoms with Crippen LogP contribution in [0, 0.1) is 0 Å². The molecule has 0 spiro atoms. The summed E-state index contributed by atoms with van der Waals surface area (Å²) >= 11 is 0. The van der Waals surface area contributed by atoms with Crippen LogP contribution in [-0.2, 0) is 19.1 Å². The first-order valence-electron chi connectivity index (χ1n) is 27.6. The van der Waals surface area contributed by atoms with Crippen molar-refractivity contribution in [1.29, 1.82) is 0 Å². The molecule has 5 nitrogen and oxygen atoms in total. The lowest BCUT2D eigenvalue weighted by Crippen LogP contribution is -2.28. The Morgan fingerprint density at radius 3 is 0.970 bits per heavy atom. The summed E-state index contributed by atoms with van der Waals surface area (Å²) in [5, 5.41) is 9.61. The molecule has 0 amide bonds. The van der Waals surface area contributed by atoms with Crippen molar-refractivity contribution in [2.24, 2.45) is 0 Å². The normalized spacial score (nSPS) is 13.2. The molecule has 1 unspecified atom stereocenters. The lowest BCUT2D eigenvalue weighted by atomic mass is 10.0. The number of unbranched alkanes of at least 4 members (excludes halogenated alkanes) is 21. The molecule has 0 rings (SSSR count). The zero-order chi connectivity index (χ0) is 48.5. The highest BCUT2D eigenvalue weighted by molar-refractivity contribution is 5.70. The van der Waals surface area contributed by atoms with Gasteiger partial charge in [-0.1, -0.05) is 257 Å². The first-order chi connectivity index (χ1) is 33.1. The predicted octanol–water partition coefficient (Wildman–Crippen LogP) is 18.7. The van der Waals surface area contributed by atoms with Crippen LogP contribution in [0.4, 0.5) is 0 Å². The SMILES string of the molecule is CC/C=C\C/C=C\C/C=C\C/C=C\C/C=C\C/C=C\C/C=C\C/C=C\C/C=C\C/C=C\CCCCCCCCCCCCC(=O)OC(CO)COC(=O)CCCCCCCCCCCCCC. The quantitative estimate of drug-likeness (QED) is 0.0374. The zero-order valence-electron chi connectivity index (χ0n) is 43.4. The first kappa shape index (κ1) is 63.3. The average molecular weight is 927 g/mol. The van der Waals surface area contributed by atoms with Crippen molar-refractivity contribution in [2.75, 3.05) is 13.2 Å². The van der Waals surface area contributed by atoms with E-state index in [1.165, 1.54) is 109 Å². The van der Waals surface area contributed by atoms with Gasteiger partial charge in [0.2, 0.25) is 0 Å². The van der Waals surface area contributed by atoms with E-state index in [1.54, 1.807) is 0 Å². The Kier molecular flexibility index (Phi) is 53.5. The Morgan fingerprint density at radius 1 is 0.358 bits per heavy atom. The highest BCUT2D eigenvalue weighted by Crippen LogP contribution is 2.15. The summed E-state index contributed by atoms with van der Waals surface area (Å²) in [6.07, 6.45) is 83.1. The van der Waals surface area contributed by atoms with Crippen LogP contribution in [0.1, 0.15) is 239 Å². The van der Waals surface area contributed by atoms with E-state index < -0.39 is 6.10 Å². The molecular formula is C62H102O5. The second-order valence-corrected chi connectivity index (χ2v) is 17.9. The van der Waals surface area contributed by atoms with Gasteiger partial charge in [-0.15, -0.1) is 0 Å². The minimum absolute atomic E-state index is 0.0700. The van der Waals surface area contributed by atoms with Gasteiger partial charge < -0.3 is 14.6 Å². The Labute approximate surface area is 413 Å². The molecule has 0 aliphatic rings. The molecule has 0 aromatic carbocycles.